The third-order valence-electron chi connectivity index (χ3n) is 1.83. The van der Waals surface area contributed by atoms with Crippen LogP contribution in [0.25, 0.3) is 0 Å². The Kier molecular flexibility index (Phi) is 3.68. The fourth-order valence-corrected chi connectivity index (χ4v) is 0.928. The predicted octanol–water partition coefficient (Wildman–Crippen LogP) is 2.25. The largest absolute Gasteiger partial charge is 0.497 e. The zero-order chi connectivity index (χ0) is 11.3. The Balaban J connectivity index is 2.66. The van der Waals surface area contributed by atoms with Crippen molar-refractivity contribution >= 4 is 5.69 Å². The molecule has 0 spiro atoms. The maximum Gasteiger partial charge on any atom is 0.258 e. The number of nitrogens with one attached hydrogen (secondary N) is 1. The number of methoxy groups -OCH3 is 1. The summed E-state index contributed by atoms with van der Waals surface area (Å²) < 4.78 is 4.98. The number of rotatable bonds is 4. The van der Waals surface area contributed by atoms with Crippen LogP contribution in [-0.4, -0.2) is 12.0 Å². The summed E-state index contributed by atoms with van der Waals surface area (Å²) in [5.74, 6) is 0.746. The molecule has 0 aliphatic carbocycles. The number of benzene rings is 1. The number of nitro groups is 1. The van der Waals surface area contributed by atoms with Gasteiger partial charge in [0.1, 0.15) is 5.75 Å². The number of ether oxygens (including phenoxy) is 1. The molecule has 0 amide bonds. The smallest absolute Gasteiger partial charge is 0.258 e. The average Bonchev–Trinajstić information content (AvgIpc) is 2.26. The second kappa shape index (κ2) is 4.99. The van der Waals surface area contributed by atoms with Crippen molar-refractivity contribution in [3.05, 3.63) is 46.3 Å². The van der Waals surface area contributed by atoms with Crippen LogP contribution >= 0.6 is 0 Å². The Morgan fingerprint density at radius 1 is 1.47 bits per heavy atom. The minimum Gasteiger partial charge on any atom is -0.497 e. The van der Waals surface area contributed by atoms with Gasteiger partial charge in [-0.15, -0.1) is 0 Å². The highest BCUT2D eigenvalue weighted by molar-refractivity contribution is 5.48. The summed E-state index contributed by atoms with van der Waals surface area (Å²) in [6, 6.07) is 7.11. The van der Waals surface area contributed by atoms with Crippen LogP contribution in [0.1, 0.15) is 6.92 Å². The molecular weight excluding hydrogens is 196 g/mol. The van der Waals surface area contributed by atoms with Gasteiger partial charge in [0.25, 0.3) is 5.70 Å². The number of anilines is 1. The monoisotopic (exact) mass is 208 g/mol. The summed E-state index contributed by atoms with van der Waals surface area (Å²) in [6.07, 6.45) is 1.35. The van der Waals surface area contributed by atoms with Crippen LogP contribution in [0.5, 0.6) is 5.75 Å². The first-order valence-electron chi connectivity index (χ1n) is 4.35. The fraction of sp³-hybridized carbons (Fsp3) is 0.200. The van der Waals surface area contributed by atoms with Crippen molar-refractivity contribution in [1.82, 2.24) is 0 Å². The second-order valence-corrected chi connectivity index (χ2v) is 2.92. The van der Waals surface area contributed by atoms with E-state index in [1.807, 2.05) is 0 Å². The zero-order valence-electron chi connectivity index (χ0n) is 8.56. The molecule has 0 bridgehead atoms. The molecular formula is C10H12N2O3. The molecule has 5 nitrogen and oxygen atoms in total. The normalized spacial score (nSPS) is 10.9. The highest BCUT2D eigenvalue weighted by Gasteiger charge is 2.00. The number of allylic oxidation sites excluding steroid dienone is 1. The molecule has 80 valence electrons. The highest BCUT2D eigenvalue weighted by atomic mass is 16.6. The van der Waals surface area contributed by atoms with E-state index in [0.29, 0.717) is 0 Å². The minimum absolute atomic E-state index is 0.0609. The van der Waals surface area contributed by atoms with E-state index in [-0.39, 0.29) is 5.70 Å². The van der Waals surface area contributed by atoms with Gasteiger partial charge in [0.2, 0.25) is 0 Å². The molecule has 0 radical (unpaired) electrons. The van der Waals surface area contributed by atoms with E-state index >= 15 is 0 Å². The van der Waals surface area contributed by atoms with Crippen molar-refractivity contribution in [2.45, 2.75) is 6.92 Å². The minimum atomic E-state index is -0.448. The standard InChI is InChI=1S/C10H12N2O3/c1-8(12(13)14)7-11-9-3-5-10(15-2)6-4-9/h3-7,11H,1-2H3/b8-7+. The number of hydrogen-bond donors (Lipinski definition) is 1. The topological polar surface area (TPSA) is 64.4 Å². The number of nitrogens with zero attached hydrogens (tertiary/aromatic N) is 1. The molecule has 15 heavy (non-hydrogen) atoms. The van der Waals surface area contributed by atoms with Crippen molar-refractivity contribution in [3.63, 3.8) is 0 Å². The lowest BCUT2D eigenvalue weighted by Gasteiger charge is -2.02. The maximum atomic E-state index is 10.3. The molecule has 1 aromatic carbocycles. The third kappa shape index (κ3) is 3.30. The summed E-state index contributed by atoms with van der Waals surface area (Å²) in [4.78, 5) is 9.85. The third-order valence-corrected chi connectivity index (χ3v) is 1.83. The average molecular weight is 208 g/mol. The van der Waals surface area contributed by atoms with Crippen LogP contribution in [0.4, 0.5) is 5.69 Å². The lowest BCUT2D eigenvalue weighted by Crippen LogP contribution is -1.97. The van der Waals surface area contributed by atoms with Gasteiger partial charge in [-0.2, -0.15) is 0 Å². The van der Waals surface area contributed by atoms with Crippen LogP contribution < -0.4 is 10.1 Å². The van der Waals surface area contributed by atoms with Crippen molar-refractivity contribution in [1.29, 1.82) is 0 Å². The molecule has 0 aliphatic heterocycles. The van der Waals surface area contributed by atoms with Gasteiger partial charge < -0.3 is 10.1 Å². The molecule has 1 N–H and O–H groups in total. The van der Waals surface area contributed by atoms with Crippen molar-refractivity contribution in [3.8, 4) is 5.75 Å². The molecule has 0 heterocycles. The van der Waals surface area contributed by atoms with Crippen LogP contribution in [0.2, 0.25) is 0 Å². The fourth-order valence-electron chi connectivity index (χ4n) is 0.928. The molecule has 0 aromatic heterocycles. The van der Waals surface area contributed by atoms with E-state index < -0.39 is 4.92 Å². The lowest BCUT2D eigenvalue weighted by molar-refractivity contribution is -0.424. The molecule has 5 heteroatoms. The van der Waals surface area contributed by atoms with E-state index in [1.54, 1.807) is 31.4 Å². The molecule has 1 aromatic rings. The van der Waals surface area contributed by atoms with E-state index in [1.165, 1.54) is 13.1 Å². The Morgan fingerprint density at radius 2 is 2.07 bits per heavy atom. The first-order chi connectivity index (χ1) is 7.13. The predicted molar refractivity (Wildman–Crippen MR) is 57.4 cm³/mol. The number of hydrogen-bond acceptors (Lipinski definition) is 4. The Labute approximate surface area is 87.5 Å². The highest BCUT2D eigenvalue weighted by Crippen LogP contribution is 2.15. The molecule has 0 fully saturated rings. The Hall–Kier alpha value is -2.04. The Morgan fingerprint density at radius 3 is 2.53 bits per heavy atom. The molecule has 0 aliphatic rings. The summed E-state index contributed by atoms with van der Waals surface area (Å²) in [5.41, 5.74) is 0.836. The summed E-state index contributed by atoms with van der Waals surface area (Å²) in [5, 5.41) is 13.1. The zero-order valence-corrected chi connectivity index (χ0v) is 8.56. The summed E-state index contributed by atoms with van der Waals surface area (Å²) in [6.45, 7) is 1.43. The van der Waals surface area contributed by atoms with Gasteiger partial charge in [0, 0.05) is 12.6 Å². The van der Waals surface area contributed by atoms with Gasteiger partial charge >= 0.3 is 0 Å². The molecule has 0 atom stereocenters. The van der Waals surface area contributed by atoms with E-state index in [9.17, 15) is 10.1 Å². The van der Waals surface area contributed by atoms with E-state index in [2.05, 4.69) is 5.32 Å². The second-order valence-electron chi connectivity index (χ2n) is 2.92. The first-order valence-corrected chi connectivity index (χ1v) is 4.35. The Bertz CT molecular complexity index is 371. The molecule has 0 saturated carbocycles. The van der Waals surface area contributed by atoms with Gasteiger partial charge in [-0.1, -0.05) is 0 Å². The van der Waals surface area contributed by atoms with Crippen molar-refractivity contribution < 1.29 is 9.66 Å². The van der Waals surface area contributed by atoms with Gasteiger partial charge in [0.15, 0.2) is 0 Å². The van der Waals surface area contributed by atoms with Crippen LogP contribution in [0, 0.1) is 10.1 Å². The van der Waals surface area contributed by atoms with Crippen molar-refractivity contribution in [2.24, 2.45) is 0 Å². The maximum absolute atomic E-state index is 10.3. The molecule has 0 unspecified atom stereocenters. The van der Waals surface area contributed by atoms with Gasteiger partial charge in [0.05, 0.1) is 18.2 Å². The summed E-state index contributed by atoms with van der Waals surface area (Å²) in [7, 11) is 1.58. The van der Waals surface area contributed by atoms with Crippen LogP contribution in [0.15, 0.2) is 36.2 Å². The van der Waals surface area contributed by atoms with Gasteiger partial charge in [-0.05, 0) is 24.3 Å². The molecule has 1 rings (SSSR count). The van der Waals surface area contributed by atoms with Gasteiger partial charge in [-0.3, -0.25) is 10.1 Å². The van der Waals surface area contributed by atoms with Crippen LogP contribution in [-0.2, 0) is 0 Å². The SMILES string of the molecule is COc1ccc(N/C=C(\C)[N+](=O)[O-])cc1. The van der Waals surface area contributed by atoms with Crippen LogP contribution in [0.3, 0.4) is 0 Å². The van der Waals surface area contributed by atoms with E-state index in [4.69, 9.17) is 4.74 Å². The quantitative estimate of drug-likeness (QED) is 0.608. The van der Waals surface area contributed by atoms with Gasteiger partial charge in [-0.25, -0.2) is 0 Å². The molecule has 0 saturated heterocycles. The summed E-state index contributed by atoms with van der Waals surface area (Å²) >= 11 is 0. The lowest BCUT2D eigenvalue weighted by atomic mass is 10.3. The first kappa shape index (κ1) is 11.0. The van der Waals surface area contributed by atoms with E-state index in [0.717, 1.165) is 11.4 Å². The van der Waals surface area contributed by atoms with Crippen molar-refractivity contribution in [2.75, 3.05) is 12.4 Å².